The fourth-order valence-electron chi connectivity index (χ4n) is 1.29. The van der Waals surface area contributed by atoms with Gasteiger partial charge in [0.25, 0.3) is 5.91 Å². The van der Waals surface area contributed by atoms with E-state index in [9.17, 15) is 9.90 Å². The summed E-state index contributed by atoms with van der Waals surface area (Å²) in [6, 6.07) is 5.01. The molecule has 2 heterocycles. The van der Waals surface area contributed by atoms with Gasteiger partial charge in [-0.3, -0.25) is 4.79 Å². The molecule has 2 rings (SSSR count). The number of furan rings is 1. The largest absolute Gasteiger partial charge is 0.472 e. The van der Waals surface area contributed by atoms with Crippen LogP contribution < -0.4 is 5.32 Å². The molecule has 0 aliphatic heterocycles. The molecule has 90 valence electrons. The average molecular weight is 272 g/mol. The zero-order valence-electron chi connectivity index (χ0n) is 8.72. The summed E-state index contributed by atoms with van der Waals surface area (Å²) in [6.45, 7) is 0.140. The van der Waals surface area contributed by atoms with Crippen LogP contribution in [-0.2, 0) is 0 Å². The zero-order valence-corrected chi connectivity index (χ0v) is 10.3. The molecule has 2 aromatic rings. The molecule has 6 heteroatoms. The van der Waals surface area contributed by atoms with Gasteiger partial charge in [-0.2, -0.15) is 0 Å². The van der Waals surface area contributed by atoms with Crippen LogP contribution in [0.25, 0.3) is 0 Å². The summed E-state index contributed by atoms with van der Waals surface area (Å²) in [5.41, 5.74) is 0.432. The highest BCUT2D eigenvalue weighted by Gasteiger charge is 2.13. The lowest BCUT2D eigenvalue weighted by Gasteiger charge is -2.09. The lowest BCUT2D eigenvalue weighted by molar-refractivity contribution is 0.0917. The number of hydrogen-bond acceptors (Lipinski definition) is 4. The molecule has 2 aromatic heterocycles. The van der Waals surface area contributed by atoms with Gasteiger partial charge in [0.1, 0.15) is 12.4 Å². The molecular weight excluding hydrogens is 262 g/mol. The van der Waals surface area contributed by atoms with Crippen LogP contribution in [0, 0.1) is 0 Å². The number of thiophene rings is 1. The predicted octanol–water partition coefficient (Wildman–Crippen LogP) is 2.46. The Balaban J connectivity index is 1.88. The number of nitrogens with one attached hydrogen (secondary N) is 1. The molecule has 0 bridgehead atoms. The molecule has 4 nitrogen and oxygen atoms in total. The summed E-state index contributed by atoms with van der Waals surface area (Å²) in [4.78, 5) is 12.3. The van der Waals surface area contributed by atoms with Crippen LogP contribution in [0.2, 0.25) is 4.34 Å². The summed E-state index contributed by atoms with van der Waals surface area (Å²) >= 11 is 7.05. The molecule has 17 heavy (non-hydrogen) atoms. The number of rotatable bonds is 4. The number of carbonyl (C=O) groups is 1. The minimum Gasteiger partial charge on any atom is -0.472 e. The average Bonchev–Trinajstić information content (AvgIpc) is 2.95. The maximum Gasteiger partial charge on any atom is 0.254 e. The summed E-state index contributed by atoms with van der Waals surface area (Å²) < 4.78 is 5.40. The van der Waals surface area contributed by atoms with Crippen molar-refractivity contribution < 1.29 is 14.3 Å². The maximum absolute atomic E-state index is 11.5. The van der Waals surface area contributed by atoms with Gasteiger partial charge in [-0.25, -0.2) is 0 Å². The Labute approximate surface area is 107 Å². The number of hydrogen-bond donors (Lipinski definition) is 2. The van der Waals surface area contributed by atoms with Gasteiger partial charge in [0, 0.05) is 11.4 Å². The third-order valence-corrected chi connectivity index (χ3v) is 3.49. The van der Waals surface area contributed by atoms with Crippen molar-refractivity contribution in [3.05, 3.63) is 45.5 Å². The number of aliphatic hydroxyl groups is 1. The Hall–Kier alpha value is -1.30. The molecule has 1 amide bonds. The lowest BCUT2D eigenvalue weighted by atomic mass is 10.2. The van der Waals surface area contributed by atoms with Crippen molar-refractivity contribution in [2.75, 3.05) is 6.54 Å². The molecule has 1 atom stereocenters. The van der Waals surface area contributed by atoms with Crippen LogP contribution in [-0.4, -0.2) is 17.6 Å². The van der Waals surface area contributed by atoms with E-state index < -0.39 is 6.10 Å². The molecular formula is C11H10ClNO3S. The van der Waals surface area contributed by atoms with E-state index in [-0.39, 0.29) is 12.5 Å². The Morgan fingerprint density at radius 2 is 2.35 bits per heavy atom. The second-order valence-electron chi connectivity index (χ2n) is 3.38. The Kier molecular flexibility index (Phi) is 3.83. The van der Waals surface area contributed by atoms with Crippen molar-refractivity contribution in [3.63, 3.8) is 0 Å². The first kappa shape index (κ1) is 12.2. The van der Waals surface area contributed by atoms with Crippen LogP contribution in [0.15, 0.2) is 35.1 Å². The van der Waals surface area contributed by atoms with E-state index in [2.05, 4.69) is 5.32 Å². The number of aliphatic hydroxyl groups excluding tert-OH is 1. The molecule has 0 aliphatic rings. The minimum atomic E-state index is -0.747. The first-order chi connectivity index (χ1) is 8.16. The van der Waals surface area contributed by atoms with Gasteiger partial charge < -0.3 is 14.8 Å². The summed E-state index contributed by atoms with van der Waals surface area (Å²) in [5, 5.41) is 12.4. The van der Waals surface area contributed by atoms with Gasteiger partial charge in [-0.05, 0) is 18.2 Å². The third-order valence-electron chi connectivity index (χ3n) is 2.16. The molecule has 0 saturated heterocycles. The maximum atomic E-state index is 11.5. The van der Waals surface area contributed by atoms with Crippen LogP contribution in [0.1, 0.15) is 21.3 Å². The van der Waals surface area contributed by atoms with Gasteiger partial charge in [0.2, 0.25) is 0 Å². The number of amides is 1. The van der Waals surface area contributed by atoms with E-state index >= 15 is 0 Å². The first-order valence-electron chi connectivity index (χ1n) is 4.90. The highest BCUT2D eigenvalue weighted by atomic mass is 35.5. The van der Waals surface area contributed by atoms with E-state index in [4.69, 9.17) is 16.0 Å². The predicted molar refractivity (Wildman–Crippen MR) is 65.3 cm³/mol. The van der Waals surface area contributed by atoms with Gasteiger partial charge in [0.15, 0.2) is 0 Å². The zero-order chi connectivity index (χ0) is 12.3. The van der Waals surface area contributed by atoms with E-state index in [1.165, 1.54) is 23.9 Å². The SMILES string of the molecule is O=C(NC[C@H](O)c1ccc(Cl)s1)c1ccoc1. The van der Waals surface area contributed by atoms with E-state index in [0.29, 0.717) is 9.90 Å². The highest BCUT2D eigenvalue weighted by Crippen LogP contribution is 2.26. The van der Waals surface area contributed by atoms with Crippen molar-refractivity contribution in [1.82, 2.24) is 5.32 Å². The van der Waals surface area contributed by atoms with Crippen molar-refractivity contribution in [2.45, 2.75) is 6.10 Å². The van der Waals surface area contributed by atoms with Crippen LogP contribution in [0.5, 0.6) is 0 Å². The Morgan fingerprint density at radius 1 is 1.53 bits per heavy atom. The Morgan fingerprint density at radius 3 is 2.94 bits per heavy atom. The van der Waals surface area contributed by atoms with Crippen molar-refractivity contribution in [1.29, 1.82) is 0 Å². The molecule has 0 unspecified atom stereocenters. The van der Waals surface area contributed by atoms with Crippen LogP contribution >= 0.6 is 22.9 Å². The number of carbonyl (C=O) groups excluding carboxylic acids is 1. The topological polar surface area (TPSA) is 62.5 Å². The normalized spacial score (nSPS) is 12.4. The smallest absolute Gasteiger partial charge is 0.254 e. The van der Waals surface area contributed by atoms with Crippen LogP contribution in [0.4, 0.5) is 0 Å². The molecule has 0 spiro atoms. The summed E-state index contributed by atoms with van der Waals surface area (Å²) in [7, 11) is 0. The van der Waals surface area contributed by atoms with Crippen LogP contribution in [0.3, 0.4) is 0 Å². The molecule has 0 aromatic carbocycles. The van der Waals surface area contributed by atoms with Crippen molar-refractivity contribution in [2.24, 2.45) is 0 Å². The van der Waals surface area contributed by atoms with Crippen molar-refractivity contribution in [3.8, 4) is 0 Å². The number of halogens is 1. The molecule has 0 fully saturated rings. The van der Waals surface area contributed by atoms with E-state index in [1.54, 1.807) is 18.2 Å². The fourth-order valence-corrected chi connectivity index (χ4v) is 2.34. The standard InChI is InChI=1S/C11H10ClNO3S/c12-10-2-1-9(17-10)8(14)5-13-11(15)7-3-4-16-6-7/h1-4,6,8,14H,5H2,(H,13,15)/t8-/m0/s1. The first-order valence-corrected chi connectivity index (χ1v) is 6.10. The molecule has 0 radical (unpaired) electrons. The molecule has 2 N–H and O–H groups in total. The quantitative estimate of drug-likeness (QED) is 0.898. The molecule has 0 saturated carbocycles. The van der Waals surface area contributed by atoms with Crippen molar-refractivity contribution >= 4 is 28.8 Å². The fraction of sp³-hybridized carbons (Fsp3) is 0.182. The lowest BCUT2D eigenvalue weighted by Crippen LogP contribution is -2.27. The van der Waals surface area contributed by atoms with Gasteiger partial charge >= 0.3 is 0 Å². The highest BCUT2D eigenvalue weighted by molar-refractivity contribution is 7.16. The summed E-state index contributed by atoms with van der Waals surface area (Å²) in [5.74, 6) is -0.277. The van der Waals surface area contributed by atoms with E-state index in [0.717, 1.165) is 4.88 Å². The van der Waals surface area contributed by atoms with E-state index in [1.807, 2.05) is 0 Å². The second-order valence-corrected chi connectivity index (χ2v) is 5.13. The second kappa shape index (κ2) is 5.35. The monoisotopic (exact) mass is 271 g/mol. The minimum absolute atomic E-state index is 0.140. The van der Waals surface area contributed by atoms with Gasteiger partial charge in [0.05, 0.1) is 16.2 Å². The van der Waals surface area contributed by atoms with Gasteiger partial charge in [-0.1, -0.05) is 11.6 Å². The molecule has 0 aliphatic carbocycles. The Bertz CT molecular complexity index is 495. The summed E-state index contributed by atoms with van der Waals surface area (Å²) in [6.07, 6.45) is 2.03. The third kappa shape index (κ3) is 3.09. The van der Waals surface area contributed by atoms with Gasteiger partial charge in [-0.15, -0.1) is 11.3 Å².